The molecule has 14 heteroatoms. The fraction of sp³-hybridized carbons (Fsp3) is 0.450. The van der Waals surface area contributed by atoms with Crippen LogP contribution in [0.5, 0.6) is 0 Å². The minimum absolute atomic E-state index is 0.0199. The minimum atomic E-state index is -3.36. The zero-order chi connectivity index (χ0) is 37.8. The number of nitrogens with zero attached hydrogens (tertiary/aromatic N) is 6. The Morgan fingerprint density at radius 1 is 1.02 bits per heavy atom. The monoisotopic (exact) mass is 815 g/mol. The number of carbonyl (C=O) groups excluding carboxylic acids is 2. The molecule has 4 aliphatic rings. The van der Waals surface area contributed by atoms with Crippen molar-refractivity contribution in [2.45, 2.75) is 81.6 Å². The molecule has 2 N–H and O–H groups in total. The quantitative estimate of drug-likeness (QED) is 0.150. The summed E-state index contributed by atoms with van der Waals surface area (Å²) in [6.07, 6.45) is 3.57. The van der Waals surface area contributed by atoms with Crippen LogP contribution in [0.2, 0.25) is 18.6 Å². The molecule has 4 aliphatic heterocycles. The Kier molecular flexibility index (Phi) is 9.78. The molecule has 54 heavy (non-hydrogen) atoms. The maximum Gasteiger partial charge on any atom is 0.264 e. The number of carbonyl (C=O) groups is 2. The lowest BCUT2D eigenvalue weighted by Crippen LogP contribution is -2.55. The number of halogens is 2. The van der Waals surface area contributed by atoms with Crippen LogP contribution in [0.25, 0.3) is 0 Å². The molecule has 3 fully saturated rings. The van der Waals surface area contributed by atoms with E-state index >= 15 is 8.90 Å². The highest BCUT2D eigenvalue weighted by Crippen LogP contribution is 2.60. The SMILES string of the molecule is C[C@H]1[C@H]([Si](C)(C)F)[C@@H](CCn2cc(CCO)nn2)O[C@]12C(=O)N(Cc1cccc(N3CN(c4ccccc4)C4(CCNCC4)C3=O)c1)c1ccc(Br)cc12. The van der Waals surface area contributed by atoms with Gasteiger partial charge in [0.25, 0.3) is 11.8 Å². The normalized spacial score (nSPS) is 25.1. The largest absolute Gasteiger partial charge is 0.396 e. The lowest BCUT2D eigenvalue weighted by atomic mass is 9.82. The molecule has 5 heterocycles. The number of amides is 2. The highest BCUT2D eigenvalue weighted by molar-refractivity contribution is 9.10. The van der Waals surface area contributed by atoms with Crippen LogP contribution in [0.4, 0.5) is 21.2 Å². The lowest BCUT2D eigenvalue weighted by molar-refractivity contribution is -0.146. The zero-order valence-electron chi connectivity index (χ0n) is 30.9. The zero-order valence-corrected chi connectivity index (χ0v) is 33.5. The highest BCUT2D eigenvalue weighted by Gasteiger charge is 2.66. The van der Waals surface area contributed by atoms with Crippen molar-refractivity contribution in [3.05, 3.63) is 100 Å². The van der Waals surface area contributed by atoms with Gasteiger partial charge in [-0.1, -0.05) is 58.4 Å². The van der Waals surface area contributed by atoms with Crippen LogP contribution in [-0.2, 0) is 39.4 Å². The van der Waals surface area contributed by atoms with Crippen molar-refractivity contribution < 1.29 is 23.5 Å². The second-order valence-electron chi connectivity index (χ2n) is 15.6. The second-order valence-corrected chi connectivity index (χ2v) is 20.4. The Balaban J connectivity index is 1.09. The van der Waals surface area contributed by atoms with Gasteiger partial charge in [0.15, 0.2) is 5.60 Å². The van der Waals surface area contributed by atoms with Gasteiger partial charge in [-0.05, 0) is 93.5 Å². The number of aryl methyl sites for hydroxylation is 1. The Morgan fingerprint density at radius 3 is 2.52 bits per heavy atom. The van der Waals surface area contributed by atoms with Crippen molar-refractivity contribution in [3.8, 4) is 0 Å². The maximum atomic E-state index is 16.4. The number of aromatic nitrogens is 3. The molecule has 1 aromatic heterocycles. The van der Waals surface area contributed by atoms with E-state index in [4.69, 9.17) is 4.74 Å². The predicted molar refractivity (Wildman–Crippen MR) is 211 cm³/mol. The fourth-order valence-electron chi connectivity index (χ4n) is 9.56. The van der Waals surface area contributed by atoms with E-state index in [0.29, 0.717) is 31.7 Å². The van der Waals surface area contributed by atoms with Gasteiger partial charge in [-0.2, -0.15) is 0 Å². The van der Waals surface area contributed by atoms with E-state index in [1.807, 2.05) is 72.5 Å². The Hall–Kier alpha value is -3.95. The van der Waals surface area contributed by atoms with E-state index in [2.05, 4.69) is 48.6 Å². The molecular weight excluding hydrogens is 769 g/mol. The third-order valence-electron chi connectivity index (χ3n) is 12.0. The smallest absolute Gasteiger partial charge is 0.264 e. The van der Waals surface area contributed by atoms with Gasteiger partial charge >= 0.3 is 0 Å². The average molecular weight is 817 g/mol. The number of benzene rings is 3. The van der Waals surface area contributed by atoms with Gasteiger partial charge in [-0.25, -0.2) is 0 Å². The van der Waals surface area contributed by atoms with Crippen molar-refractivity contribution >= 4 is 53.2 Å². The first kappa shape index (κ1) is 37.0. The fourth-order valence-corrected chi connectivity index (χ4v) is 12.5. The second kappa shape index (κ2) is 14.3. The molecule has 11 nitrogen and oxygen atoms in total. The van der Waals surface area contributed by atoms with Gasteiger partial charge in [0.1, 0.15) is 5.54 Å². The number of fused-ring (bicyclic) bond motifs is 2. The summed E-state index contributed by atoms with van der Waals surface area (Å²) in [6, 6.07) is 23.9. The number of nitrogens with one attached hydrogen (secondary N) is 1. The molecule has 4 aromatic rings. The number of rotatable bonds is 10. The summed E-state index contributed by atoms with van der Waals surface area (Å²) < 4.78 is 25.9. The van der Waals surface area contributed by atoms with Crippen LogP contribution < -0.4 is 20.0 Å². The molecule has 3 saturated heterocycles. The summed E-state index contributed by atoms with van der Waals surface area (Å²) in [6.45, 7) is 8.03. The van der Waals surface area contributed by atoms with Crippen LogP contribution >= 0.6 is 15.9 Å². The number of hydrogen-bond acceptors (Lipinski definition) is 8. The molecule has 0 radical (unpaired) electrons. The van der Waals surface area contributed by atoms with Gasteiger partial charge in [-0.3, -0.25) is 19.2 Å². The molecule has 0 unspecified atom stereocenters. The minimum Gasteiger partial charge on any atom is -0.396 e. The molecule has 284 valence electrons. The van der Waals surface area contributed by atoms with Gasteiger partial charge in [0, 0.05) is 58.6 Å². The molecule has 8 rings (SSSR count). The third kappa shape index (κ3) is 6.19. The van der Waals surface area contributed by atoms with Crippen molar-refractivity contribution in [2.75, 3.05) is 41.1 Å². The van der Waals surface area contributed by atoms with Gasteiger partial charge in [0.2, 0.25) is 8.41 Å². The van der Waals surface area contributed by atoms with Crippen LogP contribution in [0.3, 0.4) is 0 Å². The average Bonchev–Trinajstić information content (AvgIpc) is 3.87. The topological polar surface area (TPSA) is 116 Å². The lowest BCUT2D eigenvalue weighted by Gasteiger charge is -2.39. The number of aliphatic hydroxyl groups excluding tert-OH is 1. The number of hydrogen-bond donors (Lipinski definition) is 2. The summed E-state index contributed by atoms with van der Waals surface area (Å²) >= 11 is 3.64. The van der Waals surface area contributed by atoms with Crippen molar-refractivity contribution in [3.63, 3.8) is 0 Å². The maximum absolute atomic E-state index is 16.4. The van der Waals surface area contributed by atoms with E-state index in [9.17, 15) is 9.90 Å². The molecule has 3 aromatic carbocycles. The Bertz CT molecular complexity index is 2040. The van der Waals surface area contributed by atoms with Crippen molar-refractivity contribution in [1.82, 2.24) is 20.3 Å². The summed E-state index contributed by atoms with van der Waals surface area (Å²) in [5, 5.41) is 21.1. The molecule has 2 amide bonds. The summed E-state index contributed by atoms with van der Waals surface area (Å²) in [5.74, 6) is -0.541. The standard InChI is InChI=1S/C40H47BrFN7O4Si/c1-27-36(54(2,3)42)35(14-20-46-25-30(15-21-50)44-45-46)53-40(27)33-23-29(41)12-13-34(33)47(38(40)52)24-28-8-7-11-32(22-28)48-26-49(31-9-5-4-6-10-31)39(37(48)51)16-18-43-19-17-39/h4-13,22-23,25,27,35-36,43,50H,14-21,24,26H2,1-3H3/t27-,35+,36-,40+/m0/s1. The first-order chi connectivity index (χ1) is 26.0. The molecule has 4 atom stereocenters. The van der Waals surface area contributed by atoms with Crippen LogP contribution in [0, 0.1) is 5.92 Å². The summed E-state index contributed by atoms with van der Waals surface area (Å²) in [4.78, 5) is 35.4. The predicted octanol–water partition coefficient (Wildman–Crippen LogP) is 5.92. The van der Waals surface area contributed by atoms with Gasteiger partial charge in [-0.15, -0.1) is 5.10 Å². The Morgan fingerprint density at radius 2 is 1.78 bits per heavy atom. The van der Waals surface area contributed by atoms with E-state index in [-0.39, 0.29) is 25.0 Å². The van der Waals surface area contributed by atoms with Gasteiger partial charge in [0.05, 0.1) is 30.7 Å². The van der Waals surface area contributed by atoms with E-state index in [0.717, 1.165) is 58.6 Å². The Labute approximate surface area is 324 Å². The molecule has 0 bridgehead atoms. The molecule has 0 saturated carbocycles. The molecular formula is C40H47BrFN7O4Si. The van der Waals surface area contributed by atoms with E-state index in [1.165, 1.54) is 0 Å². The van der Waals surface area contributed by atoms with Crippen molar-refractivity contribution in [1.29, 1.82) is 0 Å². The number of piperidine rings is 1. The molecule has 0 aliphatic carbocycles. The number of aliphatic hydroxyl groups is 1. The van der Waals surface area contributed by atoms with Crippen LogP contribution in [0.15, 0.2) is 83.5 Å². The van der Waals surface area contributed by atoms with E-state index < -0.39 is 37.1 Å². The third-order valence-corrected chi connectivity index (χ3v) is 15.0. The number of ether oxygens (including phenoxy) is 1. The summed E-state index contributed by atoms with van der Waals surface area (Å²) in [7, 11) is -3.36. The van der Waals surface area contributed by atoms with Crippen molar-refractivity contribution in [2.24, 2.45) is 5.92 Å². The van der Waals surface area contributed by atoms with Crippen LogP contribution in [-0.4, -0.2) is 78.3 Å². The summed E-state index contributed by atoms with van der Waals surface area (Å²) in [5.41, 5.74) is 2.41. The van der Waals surface area contributed by atoms with Gasteiger partial charge < -0.3 is 29.1 Å². The first-order valence-corrected chi connectivity index (χ1v) is 22.6. The first-order valence-electron chi connectivity index (χ1n) is 18.9. The number of para-hydroxylation sites is 1. The van der Waals surface area contributed by atoms with Crippen LogP contribution in [0.1, 0.15) is 43.0 Å². The molecule has 2 spiro atoms. The highest BCUT2D eigenvalue weighted by atomic mass is 79.9. The van der Waals surface area contributed by atoms with E-state index in [1.54, 1.807) is 28.9 Å². The number of anilines is 3.